The Hall–Kier alpha value is -2.39. The van der Waals surface area contributed by atoms with E-state index < -0.39 is 10.0 Å². The predicted octanol–water partition coefficient (Wildman–Crippen LogP) is 2.64. The summed E-state index contributed by atoms with van der Waals surface area (Å²) in [6, 6.07) is 6.62. The van der Waals surface area contributed by atoms with Crippen molar-refractivity contribution >= 4 is 15.9 Å². The Balaban J connectivity index is 1.85. The fraction of sp³-hybridized carbons (Fsp3) is 0.500. The molecule has 29 heavy (non-hydrogen) atoms. The van der Waals surface area contributed by atoms with Gasteiger partial charge in [0.1, 0.15) is 16.3 Å². The third-order valence-electron chi connectivity index (χ3n) is 5.47. The molecule has 3 rings (SSSR count). The molecule has 9 heteroatoms. The van der Waals surface area contributed by atoms with E-state index in [4.69, 9.17) is 4.74 Å². The topological polar surface area (TPSA) is 104 Å². The van der Waals surface area contributed by atoms with Gasteiger partial charge in [-0.15, -0.1) is 0 Å². The largest absolute Gasteiger partial charge is 0.495 e. The fourth-order valence-electron chi connectivity index (χ4n) is 3.60. The summed E-state index contributed by atoms with van der Waals surface area (Å²) in [7, 11) is 0.656. The van der Waals surface area contributed by atoms with E-state index in [0.717, 1.165) is 23.6 Å². The molecule has 0 aliphatic heterocycles. The van der Waals surface area contributed by atoms with E-state index in [-0.39, 0.29) is 22.6 Å². The van der Waals surface area contributed by atoms with Gasteiger partial charge in [0, 0.05) is 25.7 Å². The smallest absolute Gasteiger partial charge is 0.269 e. The average Bonchev–Trinajstić information content (AvgIpc) is 3.19. The number of hydrogen-bond acceptors (Lipinski definition) is 5. The minimum absolute atomic E-state index is 0.0486. The minimum Gasteiger partial charge on any atom is -0.495 e. The van der Waals surface area contributed by atoms with Gasteiger partial charge in [0.25, 0.3) is 5.91 Å². The summed E-state index contributed by atoms with van der Waals surface area (Å²) in [5, 5.41) is 10.1. The number of ether oxygens (including phenoxy) is 1. The third kappa shape index (κ3) is 4.45. The summed E-state index contributed by atoms with van der Waals surface area (Å²) in [6.07, 6.45) is 4.43. The van der Waals surface area contributed by atoms with Gasteiger partial charge in [-0.3, -0.25) is 9.89 Å². The standard InChI is InChI=1S/C20H28N4O4S/c1-13-7-5-6-8-15(13)21-20(25)17-12-16(22-23-17)14-9-10-18(28-4)19(11-14)29(26,27)24(2)3/h9-13,15H,5-8H2,1-4H3,(H,21,25)(H,22,23). The van der Waals surface area contributed by atoms with Crippen LogP contribution in [0.4, 0.5) is 0 Å². The van der Waals surface area contributed by atoms with Gasteiger partial charge in [-0.25, -0.2) is 12.7 Å². The van der Waals surface area contributed by atoms with Gasteiger partial charge in [-0.05, 0) is 43.0 Å². The number of sulfonamides is 1. The molecule has 2 N–H and O–H groups in total. The molecule has 2 atom stereocenters. The Labute approximate surface area is 171 Å². The van der Waals surface area contributed by atoms with Crippen molar-refractivity contribution in [1.29, 1.82) is 0 Å². The van der Waals surface area contributed by atoms with Crippen LogP contribution in [-0.4, -0.2) is 56.1 Å². The van der Waals surface area contributed by atoms with Crippen molar-refractivity contribution in [3.05, 3.63) is 30.0 Å². The van der Waals surface area contributed by atoms with Crippen molar-refractivity contribution in [1.82, 2.24) is 19.8 Å². The zero-order valence-corrected chi connectivity index (χ0v) is 18.0. The highest BCUT2D eigenvalue weighted by Crippen LogP contribution is 2.31. The number of nitrogens with one attached hydrogen (secondary N) is 2. The molecule has 0 radical (unpaired) electrons. The number of aromatic nitrogens is 2. The van der Waals surface area contributed by atoms with E-state index in [1.54, 1.807) is 18.2 Å². The number of aromatic amines is 1. The predicted molar refractivity (Wildman–Crippen MR) is 110 cm³/mol. The molecule has 1 amide bonds. The van der Waals surface area contributed by atoms with Crippen LogP contribution < -0.4 is 10.1 Å². The lowest BCUT2D eigenvalue weighted by molar-refractivity contribution is 0.0905. The molecular weight excluding hydrogens is 392 g/mol. The second-order valence-electron chi connectivity index (χ2n) is 7.66. The van der Waals surface area contributed by atoms with Crippen LogP contribution in [0.15, 0.2) is 29.2 Å². The summed E-state index contributed by atoms with van der Waals surface area (Å²) in [5.41, 5.74) is 1.42. The van der Waals surface area contributed by atoms with Crippen LogP contribution in [0.1, 0.15) is 43.1 Å². The van der Waals surface area contributed by atoms with Crippen molar-refractivity contribution in [3.63, 3.8) is 0 Å². The maximum atomic E-state index is 12.6. The van der Waals surface area contributed by atoms with Gasteiger partial charge in [0.15, 0.2) is 0 Å². The summed E-state index contributed by atoms with van der Waals surface area (Å²) in [4.78, 5) is 12.7. The molecule has 2 aromatic rings. The van der Waals surface area contributed by atoms with E-state index in [2.05, 4.69) is 22.4 Å². The zero-order valence-electron chi connectivity index (χ0n) is 17.2. The second-order valence-corrected chi connectivity index (χ2v) is 9.78. The summed E-state index contributed by atoms with van der Waals surface area (Å²) in [5.74, 6) is 0.509. The number of amides is 1. The van der Waals surface area contributed by atoms with Gasteiger partial charge in [-0.2, -0.15) is 5.10 Å². The van der Waals surface area contributed by atoms with Crippen molar-refractivity contribution in [2.24, 2.45) is 5.92 Å². The Bertz CT molecular complexity index is 984. The highest BCUT2D eigenvalue weighted by atomic mass is 32.2. The zero-order chi connectivity index (χ0) is 21.2. The molecule has 1 aliphatic rings. The van der Waals surface area contributed by atoms with Crippen LogP contribution >= 0.6 is 0 Å². The van der Waals surface area contributed by atoms with E-state index >= 15 is 0 Å². The molecule has 0 bridgehead atoms. The highest BCUT2D eigenvalue weighted by Gasteiger charge is 2.25. The first-order valence-electron chi connectivity index (χ1n) is 9.71. The Morgan fingerprint density at radius 3 is 2.62 bits per heavy atom. The lowest BCUT2D eigenvalue weighted by atomic mass is 9.86. The van der Waals surface area contributed by atoms with Gasteiger partial charge in [-0.1, -0.05) is 19.8 Å². The molecule has 8 nitrogen and oxygen atoms in total. The van der Waals surface area contributed by atoms with Crippen molar-refractivity contribution in [2.75, 3.05) is 21.2 Å². The SMILES string of the molecule is COc1ccc(-c2cc(C(=O)NC3CCCCC3C)[nH]n2)cc1S(=O)(=O)N(C)C. The maximum Gasteiger partial charge on any atom is 0.269 e. The van der Waals surface area contributed by atoms with Crippen molar-refractivity contribution in [3.8, 4) is 17.0 Å². The van der Waals surface area contributed by atoms with Crippen LogP contribution in [-0.2, 0) is 10.0 Å². The number of carbonyl (C=O) groups excluding carboxylic acids is 1. The lowest BCUT2D eigenvalue weighted by Gasteiger charge is -2.29. The first-order valence-corrected chi connectivity index (χ1v) is 11.1. The van der Waals surface area contributed by atoms with Gasteiger partial charge in [0.2, 0.25) is 10.0 Å². The van der Waals surface area contributed by atoms with Gasteiger partial charge >= 0.3 is 0 Å². The number of hydrogen-bond donors (Lipinski definition) is 2. The number of methoxy groups -OCH3 is 1. The quantitative estimate of drug-likeness (QED) is 0.748. The number of benzene rings is 1. The van der Waals surface area contributed by atoms with Crippen molar-refractivity contribution < 1.29 is 17.9 Å². The molecular formula is C20H28N4O4S. The van der Waals surface area contributed by atoms with Gasteiger partial charge < -0.3 is 10.1 Å². The van der Waals surface area contributed by atoms with E-state index in [0.29, 0.717) is 22.9 Å². The lowest BCUT2D eigenvalue weighted by Crippen LogP contribution is -2.41. The molecule has 1 fully saturated rings. The first-order chi connectivity index (χ1) is 13.7. The van der Waals surface area contributed by atoms with Crippen LogP contribution in [0.5, 0.6) is 5.75 Å². The van der Waals surface area contributed by atoms with Crippen LogP contribution in [0.3, 0.4) is 0 Å². The monoisotopic (exact) mass is 420 g/mol. The summed E-state index contributed by atoms with van der Waals surface area (Å²) >= 11 is 0. The molecule has 0 saturated heterocycles. The Morgan fingerprint density at radius 1 is 1.24 bits per heavy atom. The van der Waals surface area contributed by atoms with Crippen LogP contribution in [0, 0.1) is 5.92 Å². The third-order valence-corrected chi connectivity index (χ3v) is 7.30. The molecule has 1 aliphatic carbocycles. The molecule has 1 aromatic heterocycles. The van der Waals surface area contributed by atoms with Crippen molar-refractivity contribution in [2.45, 2.75) is 43.5 Å². The first kappa shape index (κ1) is 21.3. The summed E-state index contributed by atoms with van der Waals surface area (Å²) < 4.78 is 31.6. The molecule has 1 aromatic carbocycles. The fourth-order valence-corrected chi connectivity index (χ4v) is 4.67. The number of nitrogens with zero attached hydrogens (tertiary/aromatic N) is 2. The van der Waals surface area contributed by atoms with E-state index in [9.17, 15) is 13.2 Å². The van der Waals surface area contributed by atoms with Crippen LogP contribution in [0.25, 0.3) is 11.3 Å². The average molecular weight is 421 g/mol. The highest BCUT2D eigenvalue weighted by molar-refractivity contribution is 7.89. The Kier molecular flexibility index (Phi) is 6.28. The molecule has 1 saturated carbocycles. The second kappa shape index (κ2) is 8.54. The van der Waals surface area contributed by atoms with Gasteiger partial charge in [0.05, 0.1) is 12.8 Å². The molecule has 158 valence electrons. The number of carbonyl (C=O) groups is 1. The minimum atomic E-state index is -3.69. The molecule has 1 heterocycles. The summed E-state index contributed by atoms with van der Waals surface area (Å²) in [6.45, 7) is 2.16. The number of H-pyrrole nitrogens is 1. The normalized spacial score (nSPS) is 19.9. The number of rotatable bonds is 6. The van der Waals surface area contributed by atoms with E-state index in [1.165, 1.54) is 33.7 Å². The Morgan fingerprint density at radius 2 is 1.97 bits per heavy atom. The molecule has 0 spiro atoms. The molecule has 2 unspecified atom stereocenters. The van der Waals surface area contributed by atoms with Crippen LogP contribution in [0.2, 0.25) is 0 Å². The maximum absolute atomic E-state index is 12.6. The van der Waals surface area contributed by atoms with E-state index in [1.807, 2.05) is 0 Å².